The lowest BCUT2D eigenvalue weighted by atomic mass is 10.0. The van der Waals surface area contributed by atoms with Gasteiger partial charge >= 0.3 is 0 Å². The number of piperidine rings is 1. The monoisotopic (exact) mass is 241 g/mol. The van der Waals surface area contributed by atoms with Gasteiger partial charge in [-0.25, -0.2) is 0 Å². The molecule has 0 aromatic rings. The third kappa shape index (κ3) is 6.64. The summed E-state index contributed by atoms with van der Waals surface area (Å²) in [6, 6.07) is 0.631. The molecule has 1 amide bonds. The van der Waals surface area contributed by atoms with Crippen molar-refractivity contribution in [3.05, 3.63) is 0 Å². The van der Waals surface area contributed by atoms with E-state index in [0.29, 0.717) is 18.5 Å². The Bertz CT molecular complexity index is 225. The molecule has 1 aliphatic heterocycles. The van der Waals surface area contributed by atoms with Gasteiger partial charge in [0.05, 0.1) is 6.54 Å². The van der Waals surface area contributed by atoms with Crippen molar-refractivity contribution in [2.45, 2.75) is 45.6 Å². The predicted molar refractivity (Wildman–Crippen MR) is 70.7 cm³/mol. The summed E-state index contributed by atoms with van der Waals surface area (Å²) >= 11 is 0. The maximum atomic E-state index is 11.0. The molecule has 100 valence electrons. The highest BCUT2D eigenvalue weighted by Crippen LogP contribution is 2.11. The highest BCUT2D eigenvalue weighted by molar-refractivity contribution is 5.75. The third-order valence-corrected chi connectivity index (χ3v) is 3.21. The second-order valence-corrected chi connectivity index (χ2v) is 5.53. The fourth-order valence-corrected chi connectivity index (χ4v) is 2.48. The highest BCUT2D eigenvalue weighted by Gasteiger charge is 2.15. The predicted octanol–water partition coefficient (Wildman–Crippen LogP) is 0.962. The number of hydrogen-bond donors (Lipinski definition) is 2. The van der Waals surface area contributed by atoms with E-state index < -0.39 is 0 Å². The van der Waals surface area contributed by atoms with E-state index in [9.17, 15) is 4.79 Å². The Morgan fingerprint density at radius 3 is 2.76 bits per heavy atom. The van der Waals surface area contributed by atoms with Crippen LogP contribution in [0, 0.1) is 5.92 Å². The van der Waals surface area contributed by atoms with Gasteiger partial charge in [-0.1, -0.05) is 20.3 Å². The van der Waals surface area contributed by atoms with Crippen LogP contribution < -0.4 is 11.1 Å². The van der Waals surface area contributed by atoms with E-state index in [4.69, 9.17) is 5.73 Å². The molecule has 1 atom stereocenters. The van der Waals surface area contributed by atoms with Crippen LogP contribution in [0.25, 0.3) is 0 Å². The van der Waals surface area contributed by atoms with Gasteiger partial charge in [-0.05, 0) is 31.7 Å². The zero-order valence-corrected chi connectivity index (χ0v) is 11.2. The molecule has 1 fully saturated rings. The van der Waals surface area contributed by atoms with Crippen LogP contribution in [0.4, 0.5) is 0 Å². The summed E-state index contributed by atoms with van der Waals surface area (Å²) < 4.78 is 0. The SMILES string of the molecule is CC(C)CN(CCC1CCCCN1)CC(N)=O. The first kappa shape index (κ1) is 14.5. The molecule has 0 spiro atoms. The van der Waals surface area contributed by atoms with Crippen LogP contribution in [0.15, 0.2) is 0 Å². The van der Waals surface area contributed by atoms with Crippen LogP contribution in [-0.2, 0) is 4.79 Å². The van der Waals surface area contributed by atoms with Crippen LogP contribution in [0.3, 0.4) is 0 Å². The van der Waals surface area contributed by atoms with Crippen molar-refractivity contribution in [1.29, 1.82) is 0 Å². The fraction of sp³-hybridized carbons (Fsp3) is 0.923. The van der Waals surface area contributed by atoms with Crippen molar-refractivity contribution in [2.24, 2.45) is 11.7 Å². The second-order valence-electron chi connectivity index (χ2n) is 5.53. The standard InChI is InChI=1S/C13H27N3O/c1-11(2)9-16(10-13(14)17)8-6-12-5-3-4-7-15-12/h11-12,15H,3-10H2,1-2H3,(H2,14,17). The quantitative estimate of drug-likeness (QED) is 0.698. The lowest BCUT2D eigenvalue weighted by Crippen LogP contribution is -2.41. The first-order valence-electron chi connectivity index (χ1n) is 6.82. The van der Waals surface area contributed by atoms with Crippen LogP contribution in [-0.4, -0.2) is 43.0 Å². The Balaban J connectivity index is 2.28. The molecule has 4 heteroatoms. The number of hydrogen-bond acceptors (Lipinski definition) is 3. The summed E-state index contributed by atoms with van der Waals surface area (Å²) in [5, 5.41) is 3.54. The number of primary amides is 1. The topological polar surface area (TPSA) is 58.4 Å². The Morgan fingerprint density at radius 2 is 2.24 bits per heavy atom. The molecular formula is C13H27N3O. The van der Waals surface area contributed by atoms with Gasteiger partial charge in [0.2, 0.25) is 5.91 Å². The van der Waals surface area contributed by atoms with Gasteiger partial charge in [0.1, 0.15) is 0 Å². The number of amides is 1. The number of carbonyl (C=O) groups excluding carboxylic acids is 1. The minimum atomic E-state index is -0.220. The average Bonchev–Trinajstić information content (AvgIpc) is 2.26. The molecule has 4 nitrogen and oxygen atoms in total. The van der Waals surface area contributed by atoms with Gasteiger partial charge in [-0.15, -0.1) is 0 Å². The van der Waals surface area contributed by atoms with E-state index in [1.165, 1.54) is 19.3 Å². The minimum absolute atomic E-state index is 0.220. The summed E-state index contributed by atoms with van der Waals surface area (Å²) in [5.74, 6) is 0.357. The summed E-state index contributed by atoms with van der Waals surface area (Å²) in [6.45, 7) is 7.81. The smallest absolute Gasteiger partial charge is 0.231 e. The van der Waals surface area contributed by atoms with Crippen molar-refractivity contribution in [1.82, 2.24) is 10.2 Å². The van der Waals surface area contributed by atoms with E-state index in [-0.39, 0.29) is 5.91 Å². The van der Waals surface area contributed by atoms with Crippen LogP contribution in [0.5, 0.6) is 0 Å². The Morgan fingerprint density at radius 1 is 1.47 bits per heavy atom. The van der Waals surface area contributed by atoms with Crippen molar-refractivity contribution in [2.75, 3.05) is 26.2 Å². The summed E-state index contributed by atoms with van der Waals surface area (Å²) in [6.07, 6.45) is 5.03. The molecule has 1 heterocycles. The van der Waals surface area contributed by atoms with E-state index in [1.54, 1.807) is 0 Å². The van der Waals surface area contributed by atoms with Crippen molar-refractivity contribution >= 4 is 5.91 Å². The van der Waals surface area contributed by atoms with Crippen LogP contribution >= 0.6 is 0 Å². The largest absolute Gasteiger partial charge is 0.369 e. The zero-order chi connectivity index (χ0) is 12.7. The second kappa shape index (κ2) is 7.67. The molecule has 3 N–H and O–H groups in total. The van der Waals surface area contributed by atoms with Gasteiger partial charge in [-0.3, -0.25) is 9.69 Å². The normalized spacial score (nSPS) is 21.1. The molecule has 0 saturated carbocycles. The van der Waals surface area contributed by atoms with Gasteiger partial charge in [-0.2, -0.15) is 0 Å². The first-order chi connectivity index (χ1) is 8.08. The van der Waals surface area contributed by atoms with E-state index >= 15 is 0 Å². The molecule has 1 aliphatic rings. The zero-order valence-electron chi connectivity index (χ0n) is 11.2. The number of rotatable bonds is 7. The molecule has 17 heavy (non-hydrogen) atoms. The minimum Gasteiger partial charge on any atom is -0.369 e. The van der Waals surface area contributed by atoms with Gasteiger partial charge in [0, 0.05) is 19.1 Å². The molecule has 1 rings (SSSR count). The Hall–Kier alpha value is -0.610. The lowest BCUT2D eigenvalue weighted by molar-refractivity contribution is -0.119. The molecular weight excluding hydrogens is 214 g/mol. The first-order valence-corrected chi connectivity index (χ1v) is 6.82. The van der Waals surface area contributed by atoms with Gasteiger partial charge in [0.15, 0.2) is 0 Å². The fourth-order valence-electron chi connectivity index (χ4n) is 2.48. The summed E-state index contributed by atoms with van der Waals surface area (Å²) in [7, 11) is 0. The average molecular weight is 241 g/mol. The van der Waals surface area contributed by atoms with Crippen molar-refractivity contribution in [3.63, 3.8) is 0 Å². The molecule has 0 radical (unpaired) electrons. The van der Waals surface area contributed by atoms with Crippen molar-refractivity contribution in [3.8, 4) is 0 Å². The lowest BCUT2D eigenvalue weighted by Gasteiger charge is -2.28. The summed E-state index contributed by atoms with van der Waals surface area (Å²) in [4.78, 5) is 13.2. The van der Waals surface area contributed by atoms with Gasteiger partial charge < -0.3 is 11.1 Å². The molecule has 0 aliphatic carbocycles. The maximum Gasteiger partial charge on any atom is 0.231 e. The molecule has 0 aromatic carbocycles. The molecule has 0 bridgehead atoms. The molecule has 1 saturated heterocycles. The Kier molecular flexibility index (Phi) is 6.52. The van der Waals surface area contributed by atoms with Gasteiger partial charge in [0.25, 0.3) is 0 Å². The van der Waals surface area contributed by atoms with E-state index in [2.05, 4.69) is 24.1 Å². The van der Waals surface area contributed by atoms with E-state index in [1.807, 2.05) is 0 Å². The van der Waals surface area contributed by atoms with Crippen LogP contribution in [0.1, 0.15) is 39.5 Å². The maximum absolute atomic E-state index is 11.0. The molecule has 1 unspecified atom stereocenters. The Labute approximate surface area is 105 Å². The highest BCUT2D eigenvalue weighted by atomic mass is 16.1. The number of nitrogens with one attached hydrogen (secondary N) is 1. The van der Waals surface area contributed by atoms with E-state index in [0.717, 1.165) is 26.1 Å². The number of nitrogens with two attached hydrogens (primary N) is 1. The molecule has 0 aromatic heterocycles. The number of nitrogens with zero attached hydrogens (tertiary/aromatic N) is 1. The summed E-state index contributed by atoms with van der Waals surface area (Å²) in [5.41, 5.74) is 5.28. The van der Waals surface area contributed by atoms with Crippen LogP contribution in [0.2, 0.25) is 0 Å². The van der Waals surface area contributed by atoms with Crippen molar-refractivity contribution < 1.29 is 4.79 Å². The number of carbonyl (C=O) groups is 1. The third-order valence-electron chi connectivity index (χ3n) is 3.21.